The monoisotopic (exact) mass is 435 g/mol. The lowest BCUT2D eigenvalue weighted by Gasteiger charge is -2.32. The van der Waals surface area contributed by atoms with E-state index in [-0.39, 0.29) is 24.0 Å². The molecular formula is C23H22FN5O3. The molecule has 3 heterocycles. The van der Waals surface area contributed by atoms with Crippen LogP contribution in [-0.4, -0.2) is 67.2 Å². The summed E-state index contributed by atoms with van der Waals surface area (Å²) in [5.41, 5.74) is 3.56. The highest BCUT2D eigenvalue weighted by Gasteiger charge is 2.34. The van der Waals surface area contributed by atoms with Crippen LogP contribution in [0.5, 0.6) is 0 Å². The first-order valence-electron chi connectivity index (χ1n) is 10.4. The number of hydrogen-bond donors (Lipinski definition) is 2. The third-order valence-electron chi connectivity index (χ3n) is 5.85. The highest BCUT2D eigenvalue weighted by atomic mass is 19.1. The Kier molecular flexibility index (Phi) is 5.10. The van der Waals surface area contributed by atoms with Gasteiger partial charge in [0.15, 0.2) is 6.61 Å². The molecule has 0 aliphatic carbocycles. The van der Waals surface area contributed by atoms with Gasteiger partial charge in [0.25, 0.3) is 11.8 Å². The van der Waals surface area contributed by atoms with Crippen LogP contribution in [0.25, 0.3) is 5.57 Å². The Morgan fingerprint density at radius 1 is 1.06 bits per heavy atom. The van der Waals surface area contributed by atoms with Crippen molar-refractivity contribution < 1.29 is 18.8 Å². The molecule has 2 aromatic rings. The van der Waals surface area contributed by atoms with Gasteiger partial charge in [0.05, 0.1) is 11.3 Å². The van der Waals surface area contributed by atoms with Crippen molar-refractivity contribution in [3.8, 4) is 0 Å². The lowest BCUT2D eigenvalue weighted by Crippen LogP contribution is -2.48. The summed E-state index contributed by atoms with van der Waals surface area (Å²) in [5.74, 6) is -0.939. The number of halogens is 1. The molecule has 0 aromatic heterocycles. The van der Waals surface area contributed by atoms with Gasteiger partial charge in [-0.15, -0.1) is 0 Å². The van der Waals surface area contributed by atoms with E-state index < -0.39 is 5.82 Å². The van der Waals surface area contributed by atoms with Crippen molar-refractivity contribution in [3.05, 3.63) is 65.1 Å². The number of anilines is 2. The van der Waals surface area contributed by atoms with Crippen LogP contribution < -0.4 is 10.6 Å². The highest BCUT2D eigenvalue weighted by molar-refractivity contribution is 6.39. The number of hydrogen-bond acceptors (Lipinski definition) is 6. The zero-order valence-corrected chi connectivity index (χ0v) is 17.5. The zero-order chi connectivity index (χ0) is 22.2. The van der Waals surface area contributed by atoms with E-state index in [1.807, 2.05) is 31.3 Å². The lowest BCUT2D eigenvalue weighted by atomic mass is 10.0. The van der Waals surface area contributed by atoms with Gasteiger partial charge in [-0.3, -0.25) is 9.59 Å². The molecule has 0 atom stereocenters. The molecule has 2 amide bonds. The molecule has 0 radical (unpaired) electrons. The zero-order valence-electron chi connectivity index (χ0n) is 17.5. The van der Waals surface area contributed by atoms with E-state index in [1.165, 1.54) is 18.2 Å². The fraction of sp³-hybridized carbons (Fsp3) is 0.261. The first-order valence-corrected chi connectivity index (χ1v) is 10.4. The SMILES string of the molecule is CN1CCN(C(=O)CO/N=C2/C(=C3/C(=O)Nc4ccc(F)cc43)Nc3ccccc32)CC1. The summed E-state index contributed by atoms with van der Waals surface area (Å²) >= 11 is 0. The number of carbonyl (C=O) groups excluding carboxylic acids is 2. The minimum atomic E-state index is -0.443. The Hall–Kier alpha value is -3.72. The molecule has 9 heteroatoms. The van der Waals surface area contributed by atoms with Crippen molar-refractivity contribution in [1.82, 2.24) is 9.80 Å². The first kappa shape index (κ1) is 20.2. The molecule has 0 spiro atoms. The minimum absolute atomic E-state index is 0.137. The molecule has 8 nitrogen and oxygen atoms in total. The second-order valence-electron chi connectivity index (χ2n) is 7.96. The standard InChI is InChI=1S/C23H22FN5O3/c1-28-8-10-29(11-9-28)19(30)13-32-27-21-15-4-2-3-5-17(15)25-22(21)20-16-12-14(24)6-7-18(16)26-23(20)31/h2-7,12,25H,8-11,13H2,1H3,(H,26,31)/b22-20-,27-21+. The molecule has 5 rings (SSSR count). The average Bonchev–Trinajstić information content (AvgIpc) is 3.30. The van der Waals surface area contributed by atoms with Crippen LogP contribution in [0.2, 0.25) is 0 Å². The molecule has 2 N–H and O–H groups in total. The van der Waals surface area contributed by atoms with Gasteiger partial charge in [-0.1, -0.05) is 23.4 Å². The summed E-state index contributed by atoms with van der Waals surface area (Å²) in [6.07, 6.45) is 0. The van der Waals surface area contributed by atoms with Gasteiger partial charge in [0.1, 0.15) is 11.5 Å². The maximum Gasteiger partial charge on any atom is 0.263 e. The summed E-state index contributed by atoms with van der Waals surface area (Å²) in [5, 5.41) is 10.2. The van der Waals surface area contributed by atoms with E-state index in [0.717, 1.165) is 24.3 Å². The normalized spacial score (nSPS) is 21.2. The largest absolute Gasteiger partial charge is 0.385 e. The van der Waals surface area contributed by atoms with Gasteiger partial charge < -0.3 is 25.3 Å². The number of allylic oxidation sites excluding steroid dienone is 1. The second-order valence-corrected chi connectivity index (χ2v) is 7.96. The summed E-state index contributed by atoms with van der Waals surface area (Å²) in [6, 6.07) is 11.5. The molecule has 0 bridgehead atoms. The van der Waals surface area contributed by atoms with Gasteiger partial charge in [0, 0.05) is 48.7 Å². The van der Waals surface area contributed by atoms with Crippen LogP contribution in [-0.2, 0) is 14.4 Å². The topological polar surface area (TPSA) is 86.3 Å². The smallest absolute Gasteiger partial charge is 0.263 e. The van der Waals surface area contributed by atoms with Gasteiger partial charge in [-0.05, 0) is 31.3 Å². The fourth-order valence-electron chi connectivity index (χ4n) is 4.09. The lowest BCUT2D eigenvalue weighted by molar-refractivity contribution is -0.137. The fourth-order valence-corrected chi connectivity index (χ4v) is 4.09. The Morgan fingerprint density at radius 2 is 1.81 bits per heavy atom. The summed E-state index contributed by atoms with van der Waals surface area (Å²) in [6.45, 7) is 2.74. The van der Waals surface area contributed by atoms with Crippen molar-refractivity contribution in [2.75, 3.05) is 50.5 Å². The maximum atomic E-state index is 13.9. The van der Waals surface area contributed by atoms with Crippen LogP contribution in [0.15, 0.2) is 53.3 Å². The number of rotatable bonds is 3. The number of amides is 2. The number of piperazine rings is 1. The van der Waals surface area contributed by atoms with Crippen LogP contribution in [0.4, 0.5) is 15.8 Å². The third-order valence-corrected chi connectivity index (χ3v) is 5.85. The number of nitrogens with one attached hydrogen (secondary N) is 2. The predicted octanol–water partition coefficient (Wildman–Crippen LogP) is 2.11. The van der Waals surface area contributed by atoms with Crippen LogP contribution in [0.1, 0.15) is 11.1 Å². The van der Waals surface area contributed by atoms with Gasteiger partial charge >= 0.3 is 0 Å². The van der Waals surface area contributed by atoms with Gasteiger partial charge in [-0.25, -0.2) is 4.39 Å². The molecule has 1 saturated heterocycles. The number of likely N-dealkylation sites (N-methyl/N-ethyl adjacent to an activating group) is 1. The molecular weight excluding hydrogens is 413 g/mol. The minimum Gasteiger partial charge on any atom is -0.385 e. The first-order chi connectivity index (χ1) is 15.5. The maximum absolute atomic E-state index is 13.9. The van der Waals surface area contributed by atoms with E-state index in [2.05, 4.69) is 20.7 Å². The average molecular weight is 435 g/mol. The Balaban J connectivity index is 1.45. The van der Waals surface area contributed by atoms with E-state index in [9.17, 15) is 14.0 Å². The number of fused-ring (bicyclic) bond motifs is 2. The molecule has 0 saturated carbocycles. The Labute approximate surface area is 184 Å². The Morgan fingerprint density at radius 3 is 2.62 bits per heavy atom. The molecule has 0 unspecified atom stereocenters. The predicted molar refractivity (Wildman–Crippen MR) is 119 cm³/mol. The van der Waals surface area contributed by atoms with E-state index in [4.69, 9.17) is 4.84 Å². The number of carbonyl (C=O) groups is 2. The molecule has 3 aliphatic heterocycles. The number of benzene rings is 2. The van der Waals surface area contributed by atoms with Crippen molar-refractivity contribution >= 4 is 34.5 Å². The summed E-state index contributed by atoms with van der Waals surface area (Å²) in [7, 11) is 2.02. The van der Waals surface area contributed by atoms with Crippen LogP contribution >= 0.6 is 0 Å². The molecule has 164 valence electrons. The van der Waals surface area contributed by atoms with Crippen molar-refractivity contribution in [3.63, 3.8) is 0 Å². The van der Waals surface area contributed by atoms with E-state index >= 15 is 0 Å². The second kappa shape index (κ2) is 8.08. The van der Waals surface area contributed by atoms with E-state index in [1.54, 1.807) is 4.90 Å². The van der Waals surface area contributed by atoms with Gasteiger partial charge in [0.2, 0.25) is 0 Å². The van der Waals surface area contributed by atoms with Crippen molar-refractivity contribution in [2.45, 2.75) is 0 Å². The number of nitrogens with zero attached hydrogens (tertiary/aromatic N) is 3. The summed E-state index contributed by atoms with van der Waals surface area (Å²) < 4.78 is 13.9. The van der Waals surface area contributed by atoms with Crippen molar-refractivity contribution in [2.24, 2.45) is 5.16 Å². The highest BCUT2D eigenvalue weighted by Crippen LogP contribution is 2.39. The molecule has 2 aromatic carbocycles. The van der Waals surface area contributed by atoms with E-state index in [0.29, 0.717) is 35.7 Å². The van der Waals surface area contributed by atoms with Crippen LogP contribution in [0, 0.1) is 5.82 Å². The molecule has 1 fully saturated rings. The van der Waals surface area contributed by atoms with Gasteiger partial charge in [-0.2, -0.15) is 0 Å². The Bertz CT molecular complexity index is 1170. The summed E-state index contributed by atoms with van der Waals surface area (Å²) in [4.78, 5) is 34.6. The third kappa shape index (κ3) is 3.60. The van der Waals surface area contributed by atoms with Crippen LogP contribution in [0.3, 0.4) is 0 Å². The molecule has 3 aliphatic rings. The quantitative estimate of drug-likeness (QED) is 0.570. The number of oxime groups is 1. The molecule has 32 heavy (non-hydrogen) atoms. The van der Waals surface area contributed by atoms with Crippen molar-refractivity contribution in [1.29, 1.82) is 0 Å². The number of para-hydroxylation sites is 1.